The van der Waals surface area contributed by atoms with Gasteiger partial charge < -0.3 is 19.3 Å². The average molecular weight is 334 g/mol. The van der Waals surface area contributed by atoms with Gasteiger partial charge >= 0.3 is 11.9 Å². The van der Waals surface area contributed by atoms with Crippen molar-refractivity contribution in [2.45, 2.75) is 51.7 Å². The molecule has 3 rings (SSSR count). The predicted octanol–water partition coefficient (Wildman–Crippen LogP) is 2.36. The summed E-state index contributed by atoms with van der Waals surface area (Å²) >= 11 is 0. The molecule has 1 fully saturated rings. The highest BCUT2D eigenvalue weighted by atomic mass is 16.6. The Kier molecular flexibility index (Phi) is 3.94. The van der Waals surface area contributed by atoms with E-state index in [1.165, 1.54) is 6.07 Å². The van der Waals surface area contributed by atoms with Gasteiger partial charge in [-0.15, -0.1) is 0 Å². The zero-order valence-electron chi connectivity index (χ0n) is 14.1. The van der Waals surface area contributed by atoms with Crippen molar-refractivity contribution in [3.05, 3.63) is 23.8 Å². The van der Waals surface area contributed by atoms with Crippen LogP contribution in [0.2, 0.25) is 0 Å². The number of fused-ring (bicyclic) bond motifs is 1. The van der Waals surface area contributed by atoms with Crippen molar-refractivity contribution < 1.29 is 28.9 Å². The van der Waals surface area contributed by atoms with Crippen LogP contribution in [-0.4, -0.2) is 35.4 Å². The number of benzene rings is 1. The zero-order chi connectivity index (χ0) is 17.5. The number of carbonyl (C=O) groups is 2. The molecule has 6 heteroatoms. The Morgan fingerprint density at radius 2 is 2.17 bits per heavy atom. The number of aromatic hydroxyl groups is 1. The molecule has 0 saturated carbocycles. The van der Waals surface area contributed by atoms with Crippen LogP contribution in [0, 0.1) is 5.41 Å². The van der Waals surface area contributed by atoms with Crippen molar-refractivity contribution in [1.29, 1.82) is 0 Å². The number of hydrogen-bond acceptors (Lipinski definition) is 6. The van der Waals surface area contributed by atoms with Crippen molar-refractivity contribution in [3.63, 3.8) is 0 Å². The lowest BCUT2D eigenvalue weighted by Crippen LogP contribution is -2.50. The first-order valence-corrected chi connectivity index (χ1v) is 8.16. The number of esters is 2. The molecule has 0 spiro atoms. The predicted molar refractivity (Wildman–Crippen MR) is 84.7 cm³/mol. The summed E-state index contributed by atoms with van der Waals surface area (Å²) in [5.41, 5.74) is -0.781. The first kappa shape index (κ1) is 16.6. The first-order valence-electron chi connectivity index (χ1n) is 8.16. The normalized spacial score (nSPS) is 27.8. The van der Waals surface area contributed by atoms with Crippen molar-refractivity contribution in [2.75, 3.05) is 6.61 Å². The van der Waals surface area contributed by atoms with E-state index in [2.05, 4.69) is 0 Å². The minimum Gasteiger partial charge on any atom is -0.508 e. The third-order valence-electron chi connectivity index (χ3n) is 4.83. The van der Waals surface area contributed by atoms with Crippen LogP contribution in [-0.2, 0) is 25.5 Å². The summed E-state index contributed by atoms with van der Waals surface area (Å²) < 4.78 is 16.5. The maximum absolute atomic E-state index is 12.8. The number of phenols is 1. The molecule has 2 aliphatic heterocycles. The van der Waals surface area contributed by atoms with E-state index < -0.39 is 29.1 Å². The molecule has 1 aromatic carbocycles. The van der Waals surface area contributed by atoms with Gasteiger partial charge in [-0.05, 0) is 24.5 Å². The van der Waals surface area contributed by atoms with Crippen LogP contribution < -0.4 is 4.74 Å². The second kappa shape index (κ2) is 5.69. The molecular formula is C18H22O6. The van der Waals surface area contributed by atoms with Crippen molar-refractivity contribution in [2.24, 2.45) is 5.41 Å². The molecule has 0 aliphatic carbocycles. The van der Waals surface area contributed by atoms with Gasteiger partial charge in [0.1, 0.15) is 18.1 Å². The third kappa shape index (κ3) is 2.70. The second-order valence-electron chi connectivity index (χ2n) is 7.12. The smallest absolute Gasteiger partial charge is 0.351 e. The van der Waals surface area contributed by atoms with Crippen LogP contribution in [0.5, 0.6) is 11.5 Å². The van der Waals surface area contributed by atoms with Crippen molar-refractivity contribution in [3.8, 4) is 11.5 Å². The van der Waals surface area contributed by atoms with E-state index in [1.54, 1.807) is 12.1 Å². The van der Waals surface area contributed by atoms with Crippen LogP contribution in [0.15, 0.2) is 18.2 Å². The van der Waals surface area contributed by atoms with E-state index in [9.17, 15) is 14.7 Å². The lowest BCUT2D eigenvalue weighted by atomic mass is 9.87. The van der Waals surface area contributed by atoms with Crippen LogP contribution >= 0.6 is 0 Å². The maximum Gasteiger partial charge on any atom is 0.351 e. The summed E-state index contributed by atoms with van der Waals surface area (Å²) in [6, 6.07) is 4.88. The minimum atomic E-state index is -1.15. The SMILES string of the molecule is CC[C@]1(C(=O)O[C@H]2C(=O)OCC2(C)C)CCc2ccc(O)cc2O1. The van der Waals surface area contributed by atoms with Gasteiger partial charge in [-0.3, -0.25) is 0 Å². The fraction of sp³-hybridized carbons (Fsp3) is 0.556. The third-order valence-corrected chi connectivity index (χ3v) is 4.83. The van der Waals surface area contributed by atoms with E-state index >= 15 is 0 Å². The Bertz CT molecular complexity index is 680. The molecule has 0 aromatic heterocycles. The van der Waals surface area contributed by atoms with Gasteiger partial charge in [0.15, 0.2) is 0 Å². The van der Waals surface area contributed by atoms with E-state index in [1.807, 2.05) is 20.8 Å². The molecule has 2 heterocycles. The summed E-state index contributed by atoms with van der Waals surface area (Å²) in [6.45, 7) is 5.71. The van der Waals surface area contributed by atoms with Crippen LogP contribution in [0.25, 0.3) is 0 Å². The summed E-state index contributed by atoms with van der Waals surface area (Å²) in [4.78, 5) is 24.7. The lowest BCUT2D eigenvalue weighted by molar-refractivity contribution is -0.178. The Morgan fingerprint density at radius 1 is 1.42 bits per heavy atom. The van der Waals surface area contributed by atoms with Gasteiger partial charge in [0.2, 0.25) is 11.7 Å². The molecule has 0 amide bonds. The molecule has 2 atom stereocenters. The number of aryl methyl sites for hydroxylation is 1. The lowest BCUT2D eigenvalue weighted by Gasteiger charge is -2.37. The molecule has 1 aromatic rings. The van der Waals surface area contributed by atoms with Gasteiger partial charge in [-0.25, -0.2) is 9.59 Å². The fourth-order valence-electron chi connectivity index (χ4n) is 3.13. The van der Waals surface area contributed by atoms with Crippen LogP contribution in [0.3, 0.4) is 0 Å². The Balaban J connectivity index is 1.83. The summed E-state index contributed by atoms with van der Waals surface area (Å²) in [5.74, 6) is -0.521. The maximum atomic E-state index is 12.8. The van der Waals surface area contributed by atoms with E-state index in [4.69, 9.17) is 14.2 Å². The number of carbonyl (C=O) groups excluding carboxylic acids is 2. The van der Waals surface area contributed by atoms with Gasteiger partial charge in [-0.2, -0.15) is 0 Å². The highest BCUT2D eigenvalue weighted by Gasteiger charge is 2.51. The van der Waals surface area contributed by atoms with Crippen LogP contribution in [0.1, 0.15) is 39.2 Å². The van der Waals surface area contributed by atoms with E-state index in [0.717, 1.165) is 5.56 Å². The topological polar surface area (TPSA) is 82.1 Å². The first-order chi connectivity index (χ1) is 11.3. The summed E-state index contributed by atoms with van der Waals surface area (Å²) in [5, 5.41) is 9.65. The summed E-state index contributed by atoms with van der Waals surface area (Å²) in [7, 11) is 0. The molecule has 130 valence electrons. The largest absolute Gasteiger partial charge is 0.508 e. The molecule has 2 aliphatic rings. The second-order valence-corrected chi connectivity index (χ2v) is 7.12. The molecule has 0 radical (unpaired) electrons. The van der Waals surface area contributed by atoms with E-state index in [-0.39, 0.29) is 12.4 Å². The number of hydrogen-bond donors (Lipinski definition) is 1. The Hall–Kier alpha value is -2.24. The highest BCUT2D eigenvalue weighted by molar-refractivity contribution is 5.86. The van der Waals surface area contributed by atoms with Gasteiger partial charge in [0.25, 0.3) is 0 Å². The Morgan fingerprint density at radius 3 is 2.79 bits per heavy atom. The molecular weight excluding hydrogens is 312 g/mol. The molecule has 24 heavy (non-hydrogen) atoms. The fourth-order valence-corrected chi connectivity index (χ4v) is 3.13. The monoisotopic (exact) mass is 334 g/mol. The van der Waals surface area contributed by atoms with E-state index in [0.29, 0.717) is 25.0 Å². The molecule has 0 unspecified atom stereocenters. The van der Waals surface area contributed by atoms with Crippen LogP contribution in [0.4, 0.5) is 0 Å². The molecule has 6 nitrogen and oxygen atoms in total. The van der Waals surface area contributed by atoms with Gasteiger partial charge in [-0.1, -0.05) is 26.8 Å². The zero-order valence-corrected chi connectivity index (χ0v) is 14.1. The molecule has 1 N–H and O–H groups in total. The van der Waals surface area contributed by atoms with Crippen molar-refractivity contribution in [1.82, 2.24) is 0 Å². The average Bonchev–Trinajstić information content (AvgIpc) is 2.80. The van der Waals surface area contributed by atoms with Gasteiger partial charge in [0.05, 0.1) is 0 Å². The molecule has 1 saturated heterocycles. The standard InChI is InChI=1S/C18H22O6/c1-4-18(8-7-11-5-6-12(19)9-13(11)24-18)16(21)23-14-15(20)22-10-17(14,2)3/h5-6,9,14,19H,4,7-8,10H2,1-3H3/t14-,18+/m0/s1. The van der Waals surface area contributed by atoms with Gasteiger partial charge in [0, 0.05) is 17.9 Å². The molecule has 0 bridgehead atoms. The highest BCUT2D eigenvalue weighted by Crippen LogP contribution is 2.39. The van der Waals surface area contributed by atoms with Crippen molar-refractivity contribution >= 4 is 11.9 Å². The quantitative estimate of drug-likeness (QED) is 0.855. The minimum absolute atomic E-state index is 0.0783. The number of cyclic esters (lactones) is 1. The number of ether oxygens (including phenoxy) is 3. The number of rotatable bonds is 3. The Labute approximate surface area is 140 Å². The number of phenolic OH excluding ortho intramolecular Hbond substituents is 1. The summed E-state index contributed by atoms with van der Waals surface area (Å²) in [6.07, 6.45) is 0.574.